The first-order valence-corrected chi connectivity index (χ1v) is 4.41. The van der Waals surface area contributed by atoms with E-state index in [1.807, 2.05) is 0 Å². The van der Waals surface area contributed by atoms with Crippen molar-refractivity contribution in [1.29, 1.82) is 0 Å². The Morgan fingerprint density at radius 3 is 2.45 bits per heavy atom. The summed E-state index contributed by atoms with van der Waals surface area (Å²) < 4.78 is -0.170. The van der Waals surface area contributed by atoms with Gasteiger partial charge in [-0.3, -0.25) is 0 Å². The molecule has 1 rings (SSSR count). The molecule has 0 saturated carbocycles. The van der Waals surface area contributed by atoms with Crippen LogP contribution in [0.1, 0.15) is 26.2 Å². The van der Waals surface area contributed by atoms with Gasteiger partial charge in [0, 0.05) is 12.8 Å². The molecule has 1 aliphatic heterocycles. The summed E-state index contributed by atoms with van der Waals surface area (Å²) in [7, 11) is 0. The van der Waals surface area contributed by atoms with Gasteiger partial charge in [0.2, 0.25) is 0 Å². The highest BCUT2D eigenvalue weighted by atomic mass is 16.5. The number of likely N-dealkylation sites (tertiary alicyclic amines) is 1. The van der Waals surface area contributed by atoms with Gasteiger partial charge in [-0.05, 0) is 12.5 Å². The molecule has 0 N–H and O–H groups in total. The van der Waals surface area contributed by atoms with Crippen LogP contribution in [0, 0.1) is 11.1 Å². The smallest absolute Gasteiger partial charge is 0.0885 e. The average Bonchev–Trinajstić information content (AvgIpc) is 2.06. The summed E-state index contributed by atoms with van der Waals surface area (Å²) in [6.07, 6.45) is 4.90. The lowest BCUT2D eigenvalue weighted by molar-refractivity contribution is -0.835. The maximum atomic E-state index is 11.6. The number of rotatable bonds is 2. The van der Waals surface area contributed by atoms with E-state index >= 15 is 0 Å². The van der Waals surface area contributed by atoms with Gasteiger partial charge < -0.3 is 9.85 Å². The molecule has 1 heterocycles. The molecule has 0 aromatic rings. The largest absolute Gasteiger partial charge is 0.628 e. The number of piperidine rings is 1. The van der Waals surface area contributed by atoms with Crippen LogP contribution in [-0.4, -0.2) is 17.7 Å². The predicted molar refractivity (Wildman–Crippen MR) is 46.6 cm³/mol. The second-order valence-electron chi connectivity index (χ2n) is 3.43. The molecular formula is C9H17NO. The molecule has 1 saturated heterocycles. The van der Waals surface area contributed by atoms with Crippen molar-refractivity contribution in [2.45, 2.75) is 26.2 Å². The zero-order chi connectivity index (χ0) is 8.32. The Balaban J connectivity index is 2.41. The van der Waals surface area contributed by atoms with E-state index in [4.69, 9.17) is 0 Å². The van der Waals surface area contributed by atoms with E-state index in [0.717, 1.165) is 31.8 Å². The molecule has 1 fully saturated rings. The Labute approximate surface area is 68.7 Å². The lowest BCUT2D eigenvalue weighted by atomic mass is 9.94. The highest BCUT2D eigenvalue weighted by Crippen LogP contribution is 2.24. The third kappa shape index (κ3) is 2.04. The summed E-state index contributed by atoms with van der Waals surface area (Å²) >= 11 is 0. The molecule has 0 amide bonds. The Kier molecular flexibility index (Phi) is 2.68. The molecule has 2 nitrogen and oxygen atoms in total. The van der Waals surface area contributed by atoms with Crippen LogP contribution < -0.4 is 0 Å². The minimum absolute atomic E-state index is 0.170. The Morgan fingerprint density at radius 1 is 1.55 bits per heavy atom. The fraction of sp³-hybridized carbons (Fsp3) is 0.778. The van der Waals surface area contributed by atoms with Gasteiger partial charge in [-0.1, -0.05) is 13.3 Å². The highest BCUT2D eigenvalue weighted by molar-refractivity contribution is 4.68. The van der Waals surface area contributed by atoms with E-state index in [-0.39, 0.29) is 4.65 Å². The molecule has 0 radical (unpaired) electrons. The van der Waals surface area contributed by atoms with Gasteiger partial charge in [-0.2, -0.15) is 0 Å². The molecule has 0 atom stereocenters. The second-order valence-corrected chi connectivity index (χ2v) is 3.43. The van der Waals surface area contributed by atoms with E-state index in [9.17, 15) is 5.21 Å². The predicted octanol–water partition coefficient (Wildman–Crippen LogP) is 2.26. The number of hydrogen-bond acceptors (Lipinski definition) is 1. The Bertz CT molecular complexity index is 136. The van der Waals surface area contributed by atoms with Crippen LogP contribution in [0.4, 0.5) is 0 Å². The van der Waals surface area contributed by atoms with E-state index in [0.29, 0.717) is 0 Å². The van der Waals surface area contributed by atoms with Gasteiger partial charge >= 0.3 is 0 Å². The summed E-state index contributed by atoms with van der Waals surface area (Å²) in [6.45, 7) is 7.24. The van der Waals surface area contributed by atoms with Gasteiger partial charge in [0.25, 0.3) is 0 Å². The van der Waals surface area contributed by atoms with Crippen molar-refractivity contribution in [1.82, 2.24) is 0 Å². The van der Waals surface area contributed by atoms with Crippen LogP contribution in [0.15, 0.2) is 12.8 Å². The maximum absolute atomic E-state index is 11.6. The fourth-order valence-corrected chi connectivity index (χ4v) is 1.65. The van der Waals surface area contributed by atoms with Crippen molar-refractivity contribution in [3.63, 3.8) is 0 Å². The first-order chi connectivity index (χ1) is 5.20. The van der Waals surface area contributed by atoms with Crippen LogP contribution in [0.25, 0.3) is 0 Å². The van der Waals surface area contributed by atoms with Gasteiger partial charge in [-0.25, -0.2) is 0 Å². The van der Waals surface area contributed by atoms with Crippen molar-refractivity contribution in [3.05, 3.63) is 18.0 Å². The lowest BCUT2D eigenvalue weighted by Gasteiger charge is -2.43. The molecule has 11 heavy (non-hydrogen) atoms. The topological polar surface area (TPSA) is 23.1 Å². The lowest BCUT2D eigenvalue weighted by Crippen LogP contribution is -2.43. The van der Waals surface area contributed by atoms with Gasteiger partial charge in [0.1, 0.15) is 0 Å². The van der Waals surface area contributed by atoms with Crippen molar-refractivity contribution in [3.8, 4) is 0 Å². The van der Waals surface area contributed by atoms with Crippen molar-refractivity contribution in [2.75, 3.05) is 13.1 Å². The molecule has 0 spiro atoms. The van der Waals surface area contributed by atoms with Gasteiger partial charge in [0.05, 0.1) is 19.3 Å². The van der Waals surface area contributed by atoms with Crippen LogP contribution in [-0.2, 0) is 0 Å². The fourth-order valence-electron chi connectivity index (χ4n) is 1.65. The number of hydrogen-bond donors (Lipinski definition) is 0. The molecule has 2 heteroatoms. The Hall–Kier alpha value is -0.340. The molecule has 0 aliphatic carbocycles. The van der Waals surface area contributed by atoms with E-state index in [1.165, 1.54) is 12.6 Å². The first kappa shape index (κ1) is 8.75. The van der Waals surface area contributed by atoms with E-state index < -0.39 is 0 Å². The third-order valence-corrected chi connectivity index (χ3v) is 2.74. The van der Waals surface area contributed by atoms with Gasteiger partial charge in [-0.15, -0.1) is 0 Å². The number of quaternary nitrogens is 1. The monoisotopic (exact) mass is 155 g/mol. The highest BCUT2D eigenvalue weighted by Gasteiger charge is 2.23. The minimum Gasteiger partial charge on any atom is -0.628 e. The zero-order valence-electron chi connectivity index (χ0n) is 7.25. The summed E-state index contributed by atoms with van der Waals surface area (Å²) in [5.41, 5.74) is 0. The molecule has 0 bridgehead atoms. The quantitative estimate of drug-likeness (QED) is 0.443. The van der Waals surface area contributed by atoms with E-state index in [2.05, 4.69) is 13.5 Å². The molecule has 64 valence electrons. The van der Waals surface area contributed by atoms with Crippen LogP contribution in [0.3, 0.4) is 0 Å². The molecule has 0 unspecified atom stereocenters. The zero-order valence-corrected chi connectivity index (χ0v) is 7.25. The normalized spacial score (nSPS) is 38.5. The standard InChI is InChI=1S/C9H17NO/c1-3-9-5-7-10(11,4-2)8-6-9/h4,9H,2-3,5-8H2,1H3. The van der Waals surface area contributed by atoms with Crippen molar-refractivity contribution >= 4 is 0 Å². The number of nitrogens with zero attached hydrogens (tertiary/aromatic N) is 1. The molecule has 0 aromatic heterocycles. The summed E-state index contributed by atoms with van der Waals surface area (Å²) in [5.74, 6) is 0.787. The molecule has 1 aliphatic rings. The average molecular weight is 155 g/mol. The van der Waals surface area contributed by atoms with Crippen molar-refractivity contribution in [2.24, 2.45) is 5.92 Å². The number of hydroxylamine groups is 3. The van der Waals surface area contributed by atoms with Crippen LogP contribution in [0.5, 0.6) is 0 Å². The van der Waals surface area contributed by atoms with E-state index in [1.54, 1.807) is 0 Å². The maximum Gasteiger partial charge on any atom is 0.0885 e. The third-order valence-electron chi connectivity index (χ3n) is 2.74. The summed E-state index contributed by atoms with van der Waals surface area (Å²) in [6, 6.07) is 0. The van der Waals surface area contributed by atoms with Gasteiger partial charge in [0.15, 0.2) is 0 Å². The van der Waals surface area contributed by atoms with Crippen molar-refractivity contribution < 1.29 is 4.65 Å². The SMILES string of the molecule is C=C[N+]1([O-])CCC(CC)CC1. The Morgan fingerprint density at radius 2 is 2.09 bits per heavy atom. The first-order valence-electron chi connectivity index (χ1n) is 4.41. The molecule has 0 aromatic carbocycles. The summed E-state index contributed by atoms with van der Waals surface area (Å²) in [4.78, 5) is 0. The van der Waals surface area contributed by atoms with Crippen LogP contribution in [0.2, 0.25) is 0 Å². The summed E-state index contributed by atoms with van der Waals surface area (Å²) in [5, 5.41) is 11.6. The minimum atomic E-state index is -0.170. The second kappa shape index (κ2) is 3.37. The molecular weight excluding hydrogens is 138 g/mol. The van der Waals surface area contributed by atoms with Crippen LogP contribution >= 0.6 is 0 Å².